The number of nitrogens with zero attached hydrogens (tertiary/aromatic N) is 2. The summed E-state index contributed by atoms with van der Waals surface area (Å²) >= 11 is 0. The highest BCUT2D eigenvalue weighted by Gasteiger charge is 2.34. The highest BCUT2D eigenvalue weighted by atomic mass is 19.1. The number of hydrogen-bond acceptors (Lipinski definition) is 3. The molecule has 0 amide bonds. The number of fused-ring (bicyclic) bond motifs is 1. The van der Waals surface area contributed by atoms with Crippen LogP contribution in [-0.4, -0.2) is 43.2 Å². The van der Waals surface area contributed by atoms with Crippen LogP contribution in [-0.2, 0) is 6.54 Å². The van der Waals surface area contributed by atoms with Gasteiger partial charge in [0.1, 0.15) is 5.82 Å². The molecule has 0 radical (unpaired) electrons. The largest absolute Gasteiger partial charge is 0.366 e. The van der Waals surface area contributed by atoms with Gasteiger partial charge in [0.25, 0.3) is 0 Å². The van der Waals surface area contributed by atoms with Crippen molar-refractivity contribution in [1.82, 2.24) is 10.2 Å². The molecule has 0 aliphatic carbocycles. The van der Waals surface area contributed by atoms with Crippen molar-refractivity contribution in [3.63, 3.8) is 0 Å². The maximum Gasteiger partial charge on any atom is 0.125 e. The molecule has 0 bridgehead atoms. The lowest BCUT2D eigenvalue weighted by Gasteiger charge is -2.43. The van der Waals surface area contributed by atoms with Crippen LogP contribution < -0.4 is 10.2 Å². The highest BCUT2D eigenvalue weighted by molar-refractivity contribution is 5.51. The Labute approximate surface area is 127 Å². The second-order valence-corrected chi connectivity index (χ2v) is 6.39. The molecule has 1 aromatic carbocycles. The standard InChI is InChI=1S/C17H26FN3/c1-3-19-10-14-7-15(18)9-17(8-14)21-12-16-5-4-6-20(16)11-13(21)2/h7-9,13,16,19H,3-6,10-12H2,1-2H3. The lowest BCUT2D eigenvalue weighted by Crippen LogP contribution is -2.55. The van der Waals surface area contributed by atoms with Crippen LogP contribution in [0.15, 0.2) is 18.2 Å². The van der Waals surface area contributed by atoms with Crippen molar-refractivity contribution in [1.29, 1.82) is 0 Å². The van der Waals surface area contributed by atoms with Crippen molar-refractivity contribution in [2.75, 3.05) is 31.1 Å². The van der Waals surface area contributed by atoms with Crippen LogP contribution in [0.1, 0.15) is 32.3 Å². The third-order valence-electron chi connectivity index (χ3n) is 4.79. The second-order valence-electron chi connectivity index (χ2n) is 6.39. The van der Waals surface area contributed by atoms with E-state index in [-0.39, 0.29) is 5.82 Å². The fourth-order valence-corrected chi connectivity index (χ4v) is 3.72. The number of piperazine rings is 1. The van der Waals surface area contributed by atoms with Crippen LogP contribution in [0, 0.1) is 5.82 Å². The van der Waals surface area contributed by atoms with E-state index in [0.717, 1.165) is 37.4 Å². The van der Waals surface area contributed by atoms with Gasteiger partial charge in [-0.25, -0.2) is 4.39 Å². The number of rotatable bonds is 4. The number of halogens is 1. The molecule has 2 saturated heterocycles. The van der Waals surface area contributed by atoms with Gasteiger partial charge in [0, 0.05) is 37.4 Å². The Morgan fingerprint density at radius 2 is 2.14 bits per heavy atom. The molecule has 21 heavy (non-hydrogen) atoms. The summed E-state index contributed by atoms with van der Waals surface area (Å²) in [6, 6.07) is 6.58. The lowest BCUT2D eigenvalue weighted by molar-refractivity contribution is 0.203. The monoisotopic (exact) mass is 291 g/mol. The number of hydrogen-bond donors (Lipinski definition) is 1. The molecule has 1 N–H and O–H groups in total. The summed E-state index contributed by atoms with van der Waals surface area (Å²) in [5.74, 6) is -0.124. The zero-order valence-electron chi connectivity index (χ0n) is 13.1. The molecule has 3 nitrogen and oxygen atoms in total. The first-order valence-corrected chi connectivity index (χ1v) is 8.18. The first-order valence-electron chi connectivity index (χ1n) is 8.18. The molecule has 3 rings (SSSR count). The quantitative estimate of drug-likeness (QED) is 0.920. The van der Waals surface area contributed by atoms with E-state index >= 15 is 0 Å². The van der Waals surface area contributed by atoms with Crippen molar-refractivity contribution >= 4 is 5.69 Å². The van der Waals surface area contributed by atoms with Crippen LogP contribution in [0.5, 0.6) is 0 Å². The second kappa shape index (κ2) is 6.32. The Morgan fingerprint density at radius 1 is 1.29 bits per heavy atom. The average Bonchev–Trinajstić information content (AvgIpc) is 2.90. The Kier molecular flexibility index (Phi) is 4.45. The van der Waals surface area contributed by atoms with Gasteiger partial charge in [-0.2, -0.15) is 0 Å². The van der Waals surface area contributed by atoms with E-state index in [1.165, 1.54) is 19.4 Å². The summed E-state index contributed by atoms with van der Waals surface area (Å²) in [5, 5.41) is 3.28. The molecular formula is C17H26FN3. The molecule has 2 aliphatic heterocycles. The molecular weight excluding hydrogens is 265 g/mol. The zero-order valence-corrected chi connectivity index (χ0v) is 13.1. The van der Waals surface area contributed by atoms with E-state index in [0.29, 0.717) is 12.1 Å². The number of nitrogens with one attached hydrogen (secondary N) is 1. The Morgan fingerprint density at radius 3 is 2.95 bits per heavy atom. The predicted molar refractivity (Wildman–Crippen MR) is 85.2 cm³/mol. The fourth-order valence-electron chi connectivity index (χ4n) is 3.72. The lowest BCUT2D eigenvalue weighted by atomic mass is 10.1. The van der Waals surface area contributed by atoms with Gasteiger partial charge in [-0.05, 0) is 56.6 Å². The van der Waals surface area contributed by atoms with Gasteiger partial charge in [0.15, 0.2) is 0 Å². The van der Waals surface area contributed by atoms with E-state index < -0.39 is 0 Å². The first kappa shape index (κ1) is 14.8. The van der Waals surface area contributed by atoms with Crippen molar-refractivity contribution in [2.24, 2.45) is 0 Å². The molecule has 2 fully saturated rings. The minimum Gasteiger partial charge on any atom is -0.366 e. The summed E-state index contributed by atoms with van der Waals surface area (Å²) in [5.41, 5.74) is 2.08. The summed E-state index contributed by atoms with van der Waals surface area (Å²) in [6.07, 6.45) is 2.59. The van der Waals surface area contributed by atoms with Crippen LogP contribution in [0.3, 0.4) is 0 Å². The van der Waals surface area contributed by atoms with Gasteiger partial charge in [0.2, 0.25) is 0 Å². The number of benzene rings is 1. The smallest absolute Gasteiger partial charge is 0.125 e. The van der Waals surface area contributed by atoms with Gasteiger partial charge in [-0.15, -0.1) is 0 Å². The molecule has 4 heteroatoms. The average molecular weight is 291 g/mol. The van der Waals surface area contributed by atoms with E-state index in [4.69, 9.17) is 0 Å². The molecule has 2 aliphatic rings. The first-order chi connectivity index (χ1) is 10.2. The van der Waals surface area contributed by atoms with Gasteiger partial charge in [-0.1, -0.05) is 6.92 Å². The third-order valence-corrected chi connectivity index (χ3v) is 4.79. The van der Waals surface area contributed by atoms with E-state index in [1.54, 1.807) is 12.1 Å². The summed E-state index contributed by atoms with van der Waals surface area (Å²) in [7, 11) is 0. The molecule has 2 unspecified atom stereocenters. The fraction of sp³-hybridized carbons (Fsp3) is 0.647. The zero-order chi connectivity index (χ0) is 14.8. The van der Waals surface area contributed by atoms with Gasteiger partial charge >= 0.3 is 0 Å². The number of anilines is 1. The van der Waals surface area contributed by atoms with E-state index in [2.05, 4.69) is 35.0 Å². The topological polar surface area (TPSA) is 18.5 Å². The summed E-state index contributed by atoms with van der Waals surface area (Å²) in [6.45, 7) is 9.33. The third kappa shape index (κ3) is 3.22. The Balaban J connectivity index is 1.80. The van der Waals surface area contributed by atoms with Crippen molar-refractivity contribution in [2.45, 2.75) is 45.3 Å². The molecule has 1 aromatic rings. The molecule has 116 valence electrons. The highest BCUT2D eigenvalue weighted by Crippen LogP contribution is 2.29. The summed E-state index contributed by atoms with van der Waals surface area (Å²) in [4.78, 5) is 4.99. The molecule has 0 spiro atoms. The van der Waals surface area contributed by atoms with Crippen LogP contribution >= 0.6 is 0 Å². The van der Waals surface area contributed by atoms with Crippen molar-refractivity contribution in [3.8, 4) is 0 Å². The maximum atomic E-state index is 13.9. The van der Waals surface area contributed by atoms with Crippen LogP contribution in [0.4, 0.5) is 10.1 Å². The molecule has 0 aromatic heterocycles. The van der Waals surface area contributed by atoms with Crippen LogP contribution in [0.25, 0.3) is 0 Å². The van der Waals surface area contributed by atoms with Gasteiger partial charge in [0.05, 0.1) is 0 Å². The Hall–Kier alpha value is -1.13. The SMILES string of the molecule is CCNCc1cc(F)cc(N2CC3CCCN3CC2C)c1. The van der Waals surface area contributed by atoms with Crippen molar-refractivity contribution in [3.05, 3.63) is 29.6 Å². The summed E-state index contributed by atoms with van der Waals surface area (Å²) < 4.78 is 13.9. The molecule has 2 heterocycles. The van der Waals surface area contributed by atoms with Crippen molar-refractivity contribution < 1.29 is 4.39 Å². The normalized spacial score (nSPS) is 26.1. The van der Waals surface area contributed by atoms with Gasteiger partial charge < -0.3 is 10.2 Å². The minimum atomic E-state index is -0.124. The predicted octanol–water partition coefficient (Wildman–Crippen LogP) is 2.61. The van der Waals surface area contributed by atoms with E-state index in [1.807, 2.05) is 0 Å². The molecule has 0 saturated carbocycles. The molecule has 2 atom stereocenters. The van der Waals surface area contributed by atoms with E-state index in [9.17, 15) is 4.39 Å². The van der Waals surface area contributed by atoms with Gasteiger partial charge in [-0.3, -0.25) is 4.90 Å². The minimum absolute atomic E-state index is 0.124. The Bertz CT molecular complexity index is 491. The van der Waals surface area contributed by atoms with Crippen LogP contribution in [0.2, 0.25) is 0 Å². The maximum absolute atomic E-state index is 13.9.